The molecule has 25 heavy (non-hydrogen) atoms. The van der Waals surface area contributed by atoms with Crippen LogP contribution in [0.4, 0.5) is 0 Å². The summed E-state index contributed by atoms with van der Waals surface area (Å²) in [5.74, 6) is 0.564. The van der Waals surface area contributed by atoms with Crippen LogP contribution in [-0.4, -0.2) is 0 Å². The maximum absolute atomic E-state index is 8.26. The van der Waals surface area contributed by atoms with Crippen molar-refractivity contribution < 1.29 is 11.4 Å². The average Bonchev–Trinajstić information content (AvgIpc) is 2.60. The predicted molar refractivity (Wildman–Crippen MR) is 108 cm³/mol. The van der Waals surface area contributed by atoms with Crippen molar-refractivity contribution in [2.24, 2.45) is 13.0 Å². The molecular weight excluding hydrogens is 302 g/mol. The lowest BCUT2D eigenvalue weighted by atomic mass is 9.92. The molecule has 1 nitrogen and oxygen atoms in total. The first-order valence-corrected chi connectivity index (χ1v) is 8.86. The highest BCUT2D eigenvalue weighted by Crippen LogP contribution is 2.31. The third-order valence-electron chi connectivity index (χ3n) is 4.78. The van der Waals surface area contributed by atoms with E-state index in [1.54, 1.807) is 6.07 Å². The van der Waals surface area contributed by atoms with Crippen LogP contribution >= 0.6 is 0 Å². The van der Waals surface area contributed by atoms with E-state index in [1.807, 2.05) is 24.7 Å². The first-order chi connectivity index (χ1) is 13.8. The number of aryl methyl sites for hydroxylation is 3. The highest BCUT2D eigenvalue weighted by Gasteiger charge is 2.19. The molecule has 130 valence electrons. The van der Waals surface area contributed by atoms with E-state index in [-0.39, 0.29) is 5.56 Å². The van der Waals surface area contributed by atoms with Gasteiger partial charge in [-0.25, -0.2) is 4.57 Å². The lowest BCUT2D eigenvalue weighted by Crippen LogP contribution is -2.31. The van der Waals surface area contributed by atoms with E-state index in [9.17, 15) is 0 Å². The lowest BCUT2D eigenvalue weighted by Gasteiger charge is -2.13. The Hall–Kier alpha value is -2.15. The maximum Gasteiger partial charge on any atom is 0.220 e. The number of rotatable bonds is 4. The van der Waals surface area contributed by atoms with Gasteiger partial charge in [-0.2, -0.15) is 0 Å². The molecule has 1 heterocycles. The molecule has 0 atom stereocenters. The third-order valence-corrected chi connectivity index (χ3v) is 4.78. The van der Waals surface area contributed by atoms with Crippen molar-refractivity contribution in [1.82, 2.24) is 0 Å². The van der Waals surface area contributed by atoms with Gasteiger partial charge in [0.05, 0.1) is 10.9 Å². The smallest absolute Gasteiger partial charge is 0.200 e. The van der Waals surface area contributed by atoms with Gasteiger partial charge in [0.1, 0.15) is 7.05 Å². The minimum atomic E-state index is -2.31. The van der Waals surface area contributed by atoms with Gasteiger partial charge < -0.3 is 0 Å². The molecule has 0 spiro atoms. The van der Waals surface area contributed by atoms with Crippen molar-refractivity contribution in [3.63, 3.8) is 0 Å². The molecule has 0 saturated heterocycles. The Morgan fingerprint density at radius 1 is 1.16 bits per heavy atom. The Morgan fingerprint density at radius 3 is 2.64 bits per heavy atom. The molecule has 0 aliphatic rings. The van der Waals surface area contributed by atoms with Gasteiger partial charge in [0.2, 0.25) is 5.69 Å². The Balaban J connectivity index is 2.35. The molecule has 0 amide bonds. The second-order valence-electron chi connectivity index (χ2n) is 7.24. The molecule has 0 aliphatic heterocycles. The highest BCUT2D eigenvalue weighted by atomic mass is 14.9. The van der Waals surface area contributed by atoms with Crippen LogP contribution in [0.5, 0.6) is 0 Å². The molecule has 0 aliphatic carbocycles. The summed E-state index contributed by atoms with van der Waals surface area (Å²) < 4.78 is 42.3. The number of benzene rings is 2. The van der Waals surface area contributed by atoms with Crippen LogP contribution in [-0.2, 0) is 19.8 Å². The summed E-state index contributed by atoms with van der Waals surface area (Å²) >= 11 is 0. The van der Waals surface area contributed by atoms with Gasteiger partial charge in [-0.05, 0) is 72.3 Å². The highest BCUT2D eigenvalue weighted by molar-refractivity contribution is 5.94. The van der Waals surface area contributed by atoms with E-state index < -0.39 is 13.2 Å². The van der Waals surface area contributed by atoms with Gasteiger partial charge >= 0.3 is 0 Å². The van der Waals surface area contributed by atoms with E-state index in [2.05, 4.69) is 38.1 Å². The van der Waals surface area contributed by atoms with E-state index in [0.29, 0.717) is 11.5 Å². The topological polar surface area (TPSA) is 3.88 Å². The summed E-state index contributed by atoms with van der Waals surface area (Å²) in [5.41, 5.74) is 4.28. The van der Waals surface area contributed by atoms with Gasteiger partial charge in [-0.1, -0.05) is 39.0 Å². The summed E-state index contributed by atoms with van der Waals surface area (Å²) in [6.07, 6.45) is 1.34. The molecule has 3 aromatic rings. The summed E-state index contributed by atoms with van der Waals surface area (Å²) in [6, 6.07) is 11.7. The quantitative estimate of drug-likeness (QED) is 0.537. The SMILES string of the molecule is [2H]C([2H])([2H])c1cc(-c2c3ccc(CC(C)C)cc3cc[n+]2C)c(C)c(C([2H])([2H])C)c1. The minimum Gasteiger partial charge on any atom is -0.200 e. The van der Waals surface area contributed by atoms with Crippen LogP contribution in [0.1, 0.15) is 49.9 Å². The summed E-state index contributed by atoms with van der Waals surface area (Å²) in [6.45, 7) is 5.44. The van der Waals surface area contributed by atoms with Crippen LogP contribution in [0, 0.1) is 19.7 Å². The molecule has 1 aromatic heterocycles. The fraction of sp³-hybridized carbons (Fsp3) is 0.375. The third kappa shape index (κ3) is 3.46. The van der Waals surface area contributed by atoms with Gasteiger partial charge in [-0.15, -0.1) is 0 Å². The second kappa shape index (κ2) is 7.00. The first kappa shape index (κ1) is 12.2. The monoisotopic (exact) mass is 337 g/mol. The minimum absolute atomic E-state index is 0.164. The zero-order chi connectivity index (χ0) is 22.4. The number of fused-ring (bicyclic) bond motifs is 1. The van der Waals surface area contributed by atoms with Gasteiger partial charge in [0.15, 0.2) is 6.20 Å². The normalized spacial score (nSPS) is 15.5. The molecule has 0 bridgehead atoms. The van der Waals surface area contributed by atoms with Crippen LogP contribution in [0.3, 0.4) is 0 Å². The largest absolute Gasteiger partial charge is 0.220 e. The van der Waals surface area contributed by atoms with Crippen molar-refractivity contribution in [3.8, 4) is 11.3 Å². The standard InChI is InChI=1S/C24H30N/c1-7-20-13-17(4)14-23(18(20)5)24-22-9-8-19(12-16(2)3)15-21(22)10-11-25(24)6/h8-11,13-16H,7,12H2,1-6H3/q+1/i4D3,7D2. The fourth-order valence-corrected chi connectivity index (χ4v) is 3.58. The molecule has 0 saturated carbocycles. The summed E-state index contributed by atoms with van der Waals surface area (Å²) in [5, 5.41) is 2.13. The van der Waals surface area contributed by atoms with Gasteiger partial charge in [0, 0.05) is 12.9 Å². The first-order valence-electron chi connectivity index (χ1n) is 11.4. The molecule has 0 unspecified atom stereocenters. The Bertz CT molecular complexity index is 1090. The van der Waals surface area contributed by atoms with Crippen molar-refractivity contribution >= 4 is 10.8 Å². The zero-order valence-electron chi connectivity index (χ0n) is 20.8. The number of pyridine rings is 1. The van der Waals surface area contributed by atoms with Crippen LogP contribution in [0.2, 0.25) is 0 Å². The predicted octanol–water partition coefficient (Wildman–Crippen LogP) is 5.71. The molecule has 1 heteroatoms. The van der Waals surface area contributed by atoms with Crippen LogP contribution in [0.25, 0.3) is 22.0 Å². The number of nitrogens with zero attached hydrogens (tertiary/aromatic N) is 1. The lowest BCUT2D eigenvalue weighted by molar-refractivity contribution is -0.659. The van der Waals surface area contributed by atoms with E-state index in [1.165, 1.54) is 18.6 Å². The molecule has 3 rings (SSSR count). The molecule has 0 fully saturated rings. The van der Waals surface area contributed by atoms with E-state index in [4.69, 9.17) is 6.85 Å². The van der Waals surface area contributed by atoms with Gasteiger partial charge in [0.25, 0.3) is 0 Å². The number of aromatic nitrogens is 1. The average molecular weight is 338 g/mol. The van der Waals surface area contributed by atoms with Crippen molar-refractivity contribution in [2.45, 2.75) is 47.3 Å². The Morgan fingerprint density at radius 2 is 1.96 bits per heavy atom. The van der Waals surface area contributed by atoms with E-state index in [0.717, 1.165) is 34.0 Å². The molecule has 0 N–H and O–H groups in total. The van der Waals surface area contributed by atoms with Crippen molar-refractivity contribution in [1.29, 1.82) is 0 Å². The van der Waals surface area contributed by atoms with Crippen molar-refractivity contribution in [2.75, 3.05) is 0 Å². The zero-order valence-corrected chi connectivity index (χ0v) is 15.8. The van der Waals surface area contributed by atoms with Crippen molar-refractivity contribution in [3.05, 3.63) is 64.8 Å². The maximum atomic E-state index is 8.26. The van der Waals surface area contributed by atoms with Crippen LogP contribution < -0.4 is 4.57 Å². The summed E-state index contributed by atoms with van der Waals surface area (Å²) in [4.78, 5) is 0. The number of hydrogen-bond donors (Lipinski definition) is 0. The Labute approximate surface area is 159 Å². The Kier molecular flexibility index (Phi) is 3.43. The van der Waals surface area contributed by atoms with Crippen LogP contribution in [0.15, 0.2) is 42.6 Å². The molecule has 0 radical (unpaired) electrons. The number of hydrogen-bond acceptors (Lipinski definition) is 0. The van der Waals surface area contributed by atoms with E-state index >= 15 is 0 Å². The van der Waals surface area contributed by atoms with Gasteiger partial charge in [-0.3, -0.25) is 0 Å². The second-order valence-corrected chi connectivity index (χ2v) is 7.24. The molecule has 2 aromatic carbocycles. The summed E-state index contributed by atoms with van der Waals surface area (Å²) in [7, 11) is 1.94. The molecular formula is C24H30N+. The fourth-order valence-electron chi connectivity index (χ4n) is 3.58.